The molecule has 0 saturated heterocycles. The fraction of sp³-hybridized carbons (Fsp3) is 0.778. The van der Waals surface area contributed by atoms with E-state index in [9.17, 15) is 14.7 Å². The second-order valence-corrected chi connectivity index (χ2v) is 5.81. The predicted molar refractivity (Wildman–Crippen MR) is 93.7 cm³/mol. The zero-order chi connectivity index (χ0) is 18.1. The lowest BCUT2D eigenvalue weighted by molar-refractivity contribution is -0.928. The molecule has 0 heterocycles. The molecule has 0 aliphatic heterocycles. The molecule has 1 amide bonds. The van der Waals surface area contributed by atoms with Crippen LogP contribution in [0.3, 0.4) is 0 Å². The summed E-state index contributed by atoms with van der Waals surface area (Å²) >= 11 is 0. The van der Waals surface area contributed by atoms with Crippen LogP contribution in [0, 0.1) is 0 Å². The third-order valence-electron chi connectivity index (χ3n) is 3.68. The quantitative estimate of drug-likeness (QED) is 0.338. The first kappa shape index (κ1) is 23.9. The first-order valence-electron chi connectivity index (χ1n) is 8.86. The molecule has 136 valence electrons. The van der Waals surface area contributed by atoms with E-state index in [2.05, 4.69) is 32.7 Å². The normalized spacial score (nSPS) is 10.4. The molecule has 1 N–H and O–H groups in total. The van der Waals surface area contributed by atoms with Crippen molar-refractivity contribution < 1.29 is 19.2 Å². The molecule has 5 heteroatoms. The van der Waals surface area contributed by atoms with Crippen LogP contribution < -0.4 is 10.4 Å². The van der Waals surface area contributed by atoms with Gasteiger partial charge in [0.2, 0.25) is 5.91 Å². The van der Waals surface area contributed by atoms with Crippen molar-refractivity contribution in [3.05, 3.63) is 12.7 Å². The molecule has 0 aliphatic carbocycles. The van der Waals surface area contributed by atoms with Crippen molar-refractivity contribution in [1.82, 2.24) is 5.32 Å². The summed E-state index contributed by atoms with van der Waals surface area (Å²) in [5.74, 6) is -1.06. The van der Waals surface area contributed by atoms with Gasteiger partial charge in [-0.05, 0) is 31.8 Å². The largest absolute Gasteiger partial charge is 0.550 e. The van der Waals surface area contributed by atoms with Crippen LogP contribution in [0.1, 0.15) is 59.8 Å². The third kappa shape index (κ3) is 14.0. The minimum Gasteiger partial charge on any atom is -0.550 e. The minimum absolute atomic E-state index is 0.0606. The maximum atomic E-state index is 11.1. The molecule has 5 nitrogen and oxygen atoms in total. The number of carbonyl (C=O) groups is 2. The fourth-order valence-electron chi connectivity index (χ4n) is 2.79. The minimum atomic E-state index is -0.995. The number of nitrogens with one attached hydrogen (secondary N) is 1. The van der Waals surface area contributed by atoms with Crippen LogP contribution in [-0.2, 0) is 9.59 Å². The first-order valence-corrected chi connectivity index (χ1v) is 8.86. The molecule has 0 atom stereocenters. The first-order chi connectivity index (χ1) is 10.9. The Hall–Kier alpha value is -1.36. The predicted octanol–water partition coefficient (Wildman–Crippen LogP) is 1.87. The van der Waals surface area contributed by atoms with E-state index < -0.39 is 5.97 Å². The molecule has 0 aromatic rings. The maximum absolute atomic E-state index is 11.1. The van der Waals surface area contributed by atoms with Gasteiger partial charge in [0.1, 0.15) is 0 Å². The van der Waals surface area contributed by atoms with E-state index in [1.807, 2.05) is 0 Å². The van der Waals surface area contributed by atoms with Gasteiger partial charge in [0.15, 0.2) is 0 Å². The van der Waals surface area contributed by atoms with Crippen LogP contribution in [-0.4, -0.2) is 49.1 Å². The number of hydrogen-bond acceptors (Lipinski definition) is 3. The lowest BCUT2D eigenvalue weighted by atomic mass is 10.2. The monoisotopic (exact) mass is 328 g/mol. The van der Waals surface area contributed by atoms with Crippen molar-refractivity contribution in [2.45, 2.75) is 59.8 Å². The maximum Gasteiger partial charge on any atom is 0.243 e. The molecular weight excluding hydrogens is 292 g/mol. The van der Waals surface area contributed by atoms with E-state index in [0.717, 1.165) is 13.0 Å². The van der Waals surface area contributed by atoms with Gasteiger partial charge < -0.3 is 19.7 Å². The number of nitrogens with zero attached hydrogens (tertiary/aromatic N) is 1. The molecule has 0 bridgehead atoms. The van der Waals surface area contributed by atoms with E-state index in [1.165, 1.54) is 62.9 Å². The molecule has 0 radical (unpaired) electrons. The highest BCUT2D eigenvalue weighted by molar-refractivity contribution is 5.86. The van der Waals surface area contributed by atoms with Crippen LogP contribution in [0.4, 0.5) is 0 Å². The number of aliphatic carboxylic acids is 1. The van der Waals surface area contributed by atoms with Crippen molar-refractivity contribution in [1.29, 1.82) is 0 Å². The number of hydrogen-bond donors (Lipinski definition) is 1. The lowest BCUT2D eigenvalue weighted by Crippen LogP contribution is -2.51. The SMILES string of the molecule is C=CC(=O)NCCC[N+](CCC)(CCC)CCC.CCC(=O)[O-]. The standard InChI is InChI=1S/C15H30N2O.C3H6O2/c1-5-11-17(12-6-2,13-7-3)14-9-10-16-15(18)8-4;1-2-3(4)5/h8H,4-7,9-14H2,1-3H3;2H2,1H3,(H,4,5). The zero-order valence-electron chi connectivity index (χ0n) is 15.5. The lowest BCUT2D eigenvalue weighted by Gasteiger charge is -2.38. The van der Waals surface area contributed by atoms with Crippen molar-refractivity contribution in [3.8, 4) is 0 Å². The van der Waals surface area contributed by atoms with Gasteiger partial charge in [-0.1, -0.05) is 34.3 Å². The Labute approximate surface area is 142 Å². The Morgan fingerprint density at radius 2 is 1.43 bits per heavy atom. The Kier molecular flexibility index (Phi) is 16.1. The zero-order valence-corrected chi connectivity index (χ0v) is 15.5. The summed E-state index contributed by atoms with van der Waals surface area (Å²) in [5, 5.41) is 12.1. The Morgan fingerprint density at radius 3 is 1.74 bits per heavy atom. The summed E-state index contributed by atoms with van der Waals surface area (Å²) in [4.78, 5) is 20.3. The van der Waals surface area contributed by atoms with Gasteiger partial charge in [-0.25, -0.2) is 0 Å². The average Bonchev–Trinajstić information content (AvgIpc) is 2.52. The molecule has 0 aromatic heterocycles. The Balaban J connectivity index is 0. The van der Waals surface area contributed by atoms with E-state index in [0.29, 0.717) is 0 Å². The molecule has 23 heavy (non-hydrogen) atoms. The van der Waals surface area contributed by atoms with Crippen LogP contribution >= 0.6 is 0 Å². The summed E-state index contributed by atoms with van der Waals surface area (Å²) in [5.41, 5.74) is 0. The van der Waals surface area contributed by atoms with Gasteiger partial charge in [0.25, 0.3) is 0 Å². The van der Waals surface area contributed by atoms with Gasteiger partial charge in [0.05, 0.1) is 26.2 Å². The molecule has 0 fully saturated rings. The summed E-state index contributed by atoms with van der Waals surface area (Å²) in [7, 11) is 0. The van der Waals surface area contributed by atoms with Crippen LogP contribution in [0.5, 0.6) is 0 Å². The topological polar surface area (TPSA) is 69.2 Å². The van der Waals surface area contributed by atoms with Crippen LogP contribution in [0.15, 0.2) is 12.7 Å². The number of carbonyl (C=O) groups excluding carboxylic acids is 2. The number of rotatable bonds is 12. The second kappa shape index (κ2) is 15.5. The van der Waals surface area contributed by atoms with Crippen molar-refractivity contribution in [2.75, 3.05) is 32.7 Å². The number of carboxylic acids is 1. The third-order valence-corrected chi connectivity index (χ3v) is 3.68. The molecular formula is C18H36N2O3. The fourth-order valence-corrected chi connectivity index (χ4v) is 2.79. The number of quaternary nitrogens is 1. The summed E-state index contributed by atoms with van der Waals surface area (Å²) < 4.78 is 1.22. The van der Waals surface area contributed by atoms with Crippen molar-refractivity contribution >= 4 is 11.9 Å². The Morgan fingerprint density at radius 1 is 1.00 bits per heavy atom. The van der Waals surface area contributed by atoms with Crippen molar-refractivity contribution in [2.24, 2.45) is 0 Å². The van der Waals surface area contributed by atoms with Gasteiger partial charge in [-0.2, -0.15) is 0 Å². The molecule has 0 saturated carbocycles. The number of carboxylic acid groups (broad SMARTS) is 1. The average molecular weight is 328 g/mol. The summed E-state index contributed by atoms with van der Waals surface area (Å²) in [6.07, 6.45) is 6.21. The van der Waals surface area contributed by atoms with E-state index >= 15 is 0 Å². The van der Waals surface area contributed by atoms with Crippen LogP contribution in [0.2, 0.25) is 0 Å². The molecule has 0 rings (SSSR count). The highest BCUT2D eigenvalue weighted by Crippen LogP contribution is 2.12. The van der Waals surface area contributed by atoms with Crippen LogP contribution in [0.25, 0.3) is 0 Å². The van der Waals surface area contributed by atoms with Gasteiger partial charge in [0, 0.05) is 18.9 Å². The van der Waals surface area contributed by atoms with E-state index in [1.54, 1.807) is 0 Å². The van der Waals surface area contributed by atoms with Gasteiger partial charge in [-0.3, -0.25) is 4.79 Å². The molecule has 0 aromatic carbocycles. The van der Waals surface area contributed by atoms with E-state index in [4.69, 9.17) is 0 Å². The summed E-state index contributed by atoms with van der Waals surface area (Å²) in [6.45, 7) is 17.5. The number of amides is 1. The van der Waals surface area contributed by atoms with Gasteiger partial charge >= 0.3 is 0 Å². The smallest absolute Gasteiger partial charge is 0.243 e. The molecule has 0 unspecified atom stereocenters. The summed E-state index contributed by atoms with van der Waals surface area (Å²) in [6, 6.07) is 0. The second-order valence-electron chi connectivity index (χ2n) is 5.81. The molecule has 0 aliphatic rings. The highest BCUT2D eigenvalue weighted by Gasteiger charge is 2.23. The van der Waals surface area contributed by atoms with Gasteiger partial charge in [-0.15, -0.1) is 0 Å². The highest BCUT2D eigenvalue weighted by atomic mass is 16.4. The Bertz CT molecular complexity index is 313. The molecule has 0 spiro atoms. The van der Waals surface area contributed by atoms with E-state index in [-0.39, 0.29) is 12.3 Å². The van der Waals surface area contributed by atoms with Crippen molar-refractivity contribution in [3.63, 3.8) is 0 Å².